The maximum atomic E-state index is 12.1. The van der Waals surface area contributed by atoms with Crippen molar-refractivity contribution in [3.63, 3.8) is 0 Å². The molecule has 0 fully saturated rings. The molecule has 0 radical (unpaired) electrons. The molecule has 0 aliphatic heterocycles. The standard InChI is InChI=1S/C18H17Cl2N3O2/c1-11-5-3-4-6-14(11)18(25)23-22-12(2)9-17(24)21-13-7-8-15(19)16(20)10-13/h3-8,10H,9H2,1-2H3,(H,21,24)(H,23,25). The van der Waals surface area contributed by atoms with E-state index in [1.54, 1.807) is 37.3 Å². The van der Waals surface area contributed by atoms with Crippen LogP contribution in [0.5, 0.6) is 0 Å². The second kappa shape index (κ2) is 8.65. The third kappa shape index (κ3) is 5.59. The fourth-order valence-corrected chi connectivity index (χ4v) is 2.38. The highest BCUT2D eigenvalue weighted by Crippen LogP contribution is 2.25. The number of benzene rings is 2. The predicted molar refractivity (Wildman–Crippen MR) is 101 cm³/mol. The lowest BCUT2D eigenvalue weighted by Gasteiger charge is -2.07. The van der Waals surface area contributed by atoms with Crippen LogP contribution in [0.15, 0.2) is 47.6 Å². The quantitative estimate of drug-likeness (QED) is 0.597. The number of amides is 2. The number of carbonyl (C=O) groups is 2. The molecule has 7 heteroatoms. The van der Waals surface area contributed by atoms with Crippen LogP contribution in [0, 0.1) is 6.92 Å². The first kappa shape index (κ1) is 19.0. The zero-order chi connectivity index (χ0) is 18.4. The summed E-state index contributed by atoms with van der Waals surface area (Å²) < 4.78 is 0. The second-order valence-electron chi connectivity index (χ2n) is 5.46. The van der Waals surface area contributed by atoms with E-state index in [0.29, 0.717) is 27.0 Å². The van der Waals surface area contributed by atoms with Crippen LogP contribution in [0.25, 0.3) is 0 Å². The Balaban J connectivity index is 1.92. The Morgan fingerprint density at radius 1 is 1.08 bits per heavy atom. The summed E-state index contributed by atoms with van der Waals surface area (Å²) in [5, 5.41) is 7.43. The monoisotopic (exact) mass is 377 g/mol. The highest BCUT2D eigenvalue weighted by Gasteiger charge is 2.09. The van der Waals surface area contributed by atoms with E-state index in [1.807, 2.05) is 19.1 Å². The smallest absolute Gasteiger partial charge is 0.271 e. The van der Waals surface area contributed by atoms with Gasteiger partial charge in [0.1, 0.15) is 0 Å². The lowest BCUT2D eigenvalue weighted by Crippen LogP contribution is -2.22. The number of hydrogen-bond acceptors (Lipinski definition) is 3. The van der Waals surface area contributed by atoms with Crippen LogP contribution in [0.3, 0.4) is 0 Å². The largest absolute Gasteiger partial charge is 0.326 e. The van der Waals surface area contributed by atoms with Gasteiger partial charge in [0, 0.05) is 17.0 Å². The van der Waals surface area contributed by atoms with Crippen molar-refractivity contribution in [1.82, 2.24) is 5.43 Å². The third-order valence-electron chi connectivity index (χ3n) is 3.36. The van der Waals surface area contributed by atoms with E-state index in [2.05, 4.69) is 15.8 Å². The topological polar surface area (TPSA) is 70.6 Å². The number of hydrogen-bond donors (Lipinski definition) is 2. The van der Waals surface area contributed by atoms with E-state index in [1.165, 1.54) is 0 Å². The molecular formula is C18H17Cl2N3O2. The summed E-state index contributed by atoms with van der Waals surface area (Å²) in [6.07, 6.45) is 0.0360. The number of rotatable bonds is 5. The summed E-state index contributed by atoms with van der Waals surface area (Å²) in [6.45, 7) is 3.50. The van der Waals surface area contributed by atoms with Gasteiger partial charge in [0.25, 0.3) is 5.91 Å². The van der Waals surface area contributed by atoms with Crippen molar-refractivity contribution in [2.24, 2.45) is 5.10 Å². The summed E-state index contributed by atoms with van der Waals surface area (Å²) in [5.74, 6) is -0.591. The molecule has 2 aromatic carbocycles. The van der Waals surface area contributed by atoms with Crippen LogP contribution in [-0.4, -0.2) is 17.5 Å². The average molecular weight is 378 g/mol. The van der Waals surface area contributed by atoms with Crippen LogP contribution in [0.1, 0.15) is 29.3 Å². The average Bonchev–Trinajstić information content (AvgIpc) is 2.56. The molecule has 0 bridgehead atoms. The molecule has 0 atom stereocenters. The van der Waals surface area contributed by atoms with E-state index in [0.717, 1.165) is 5.56 Å². The fraction of sp³-hybridized carbons (Fsp3) is 0.167. The first-order valence-electron chi connectivity index (χ1n) is 7.51. The molecule has 0 aliphatic rings. The van der Waals surface area contributed by atoms with E-state index in [-0.39, 0.29) is 18.2 Å². The zero-order valence-corrected chi connectivity index (χ0v) is 15.3. The Morgan fingerprint density at radius 3 is 2.48 bits per heavy atom. The number of carbonyl (C=O) groups excluding carboxylic acids is 2. The van der Waals surface area contributed by atoms with Gasteiger partial charge in [0.2, 0.25) is 5.91 Å². The SMILES string of the molecule is CC(CC(=O)Nc1ccc(Cl)c(Cl)c1)=NNC(=O)c1ccccc1C. The minimum absolute atomic E-state index is 0.0360. The normalized spacial score (nSPS) is 11.1. The van der Waals surface area contributed by atoms with Gasteiger partial charge in [-0.2, -0.15) is 5.10 Å². The molecule has 2 rings (SSSR count). The van der Waals surface area contributed by atoms with Crippen molar-refractivity contribution in [3.05, 3.63) is 63.6 Å². The summed E-state index contributed by atoms with van der Waals surface area (Å²) >= 11 is 11.7. The van der Waals surface area contributed by atoms with Gasteiger partial charge < -0.3 is 5.32 Å². The number of anilines is 1. The Morgan fingerprint density at radius 2 is 1.80 bits per heavy atom. The van der Waals surface area contributed by atoms with Gasteiger partial charge in [0.05, 0.1) is 16.5 Å². The number of nitrogens with one attached hydrogen (secondary N) is 2. The number of hydrazone groups is 1. The minimum atomic E-state index is -0.317. The van der Waals surface area contributed by atoms with Crippen molar-refractivity contribution in [2.45, 2.75) is 20.3 Å². The zero-order valence-electron chi connectivity index (χ0n) is 13.8. The van der Waals surface area contributed by atoms with E-state index >= 15 is 0 Å². The predicted octanol–water partition coefficient (Wildman–Crippen LogP) is 4.44. The van der Waals surface area contributed by atoms with Gasteiger partial charge in [-0.15, -0.1) is 0 Å². The van der Waals surface area contributed by atoms with E-state index < -0.39 is 0 Å². The van der Waals surface area contributed by atoms with Gasteiger partial charge in [-0.05, 0) is 43.7 Å². The van der Waals surface area contributed by atoms with E-state index in [4.69, 9.17) is 23.2 Å². The van der Waals surface area contributed by atoms with Gasteiger partial charge in [0.15, 0.2) is 0 Å². The molecule has 0 heterocycles. The van der Waals surface area contributed by atoms with E-state index in [9.17, 15) is 9.59 Å². The fourth-order valence-electron chi connectivity index (χ4n) is 2.09. The summed E-state index contributed by atoms with van der Waals surface area (Å²) in [5.41, 5.74) is 4.86. The summed E-state index contributed by atoms with van der Waals surface area (Å²) in [6, 6.07) is 12.0. The molecule has 0 saturated heterocycles. The Hall–Kier alpha value is -2.37. The molecule has 0 aliphatic carbocycles. The van der Waals surface area contributed by atoms with Crippen LogP contribution >= 0.6 is 23.2 Å². The molecule has 130 valence electrons. The van der Waals surface area contributed by atoms with Crippen LogP contribution in [0.2, 0.25) is 10.0 Å². The third-order valence-corrected chi connectivity index (χ3v) is 4.10. The molecule has 2 aromatic rings. The van der Waals surface area contributed by atoms with Gasteiger partial charge in [-0.1, -0.05) is 41.4 Å². The van der Waals surface area contributed by atoms with Crippen molar-refractivity contribution in [1.29, 1.82) is 0 Å². The highest BCUT2D eigenvalue weighted by molar-refractivity contribution is 6.42. The van der Waals surface area contributed by atoms with Crippen LogP contribution < -0.4 is 10.7 Å². The molecule has 0 saturated carbocycles. The first-order chi connectivity index (χ1) is 11.9. The summed E-state index contributed by atoms with van der Waals surface area (Å²) in [4.78, 5) is 24.1. The number of aryl methyl sites for hydroxylation is 1. The highest BCUT2D eigenvalue weighted by atomic mass is 35.5. The molecule has 2 amide bonds. The Kier molecular flexibility index (Phi) is 6.56. The molecule has 5 nitrogen and oxygen atoms in total. The summed E-state index contributed by atoms with van der Waals surface area (Å²) in [7, 11) is 0. The lowest BCUT2D eigenvalue weighted by molar-refractivity contribution is -0.115. The van der Waals surface area contributed by atoms with Crippen molar-refractivity contribution < 1.29 is 9.59 Å². The molecule has 0 aromatic heterocycles. The second-order valence-corrected chi connectivity index (χ2v) is 6.27. The maximum absolute atomic E-state index is 12.1. The molecule has 0 unspecified atom stereocenters. The van der Waals surface area contributed by atoms with Gasteiger partial charge in [-0.25, -0.2) is 5.43 Å². The molecular weight excluding hydrogens is 361 g/mol. The first-order valence-corrected chi connectivity index (χ1v) is 8.26. The molecule has 25 heavy (non-hydrogen) atoms. The lowest BCUT2D eigenvalue weighted by atomic mass is 10.1. The minimum Gasteiger partial charge on any atom is -0.326 e. The van der Waals surface area contributed by atoms with Crippen LogP contribution in [0.4, 0.5) is 5.69 Å². The maximum Gasteiger partial charge on any atom is 0.271 e. The van der Waals surface area contributed by atoms with Crippen molar-refractivity contribution in [2.75, 3.05) is 5.32 Å². The molecule has 0 spiro atoms. The van der Waals surface area contributed by atoms with Crippen molar-refractivity contribution in [3.8, 4) is 0 Å². The van der Waals surface area contributed by atoms with Crippen molar-refractivity contribution >= 4 is 46.4 Å². The number of nitrogens with zero attached hydrogens (tertiary/aromatic N) is 1. The Labute approximate surface area is 156 Å². The number of halogens is 2. The Bertz CT molecular complexity index is 835. The van der Waals surface area contributed by atoms with Gasteiger partial charge in [-0.3, -0.25) is 9.59 Å². The van der Waals surface area contributed by atoms with Crippen LogP contribution in [-0.2, 0) is 4.79 Å². The molecule has 2 N–H and O–H groups in total. The van der Waals surface area contributed by atoms with Gasteiger partial charge >= 0.3 is 0 Å².